The summed E-state index contributed by atoms with van der Waals surface area (Å²) in [6, 6.07) is 11.7. The number of sulfone groups is 1. The zero-order chi connectivity index (χ0) is 22.1. The van der Waals surface area contributed by atoms with Crippen molar-refractivity contribution in [2.75, 3.05) is 16.8 Å². The van der Waals surface area contributed by atoms with Gasteiger partial charge in [0, 0.05) is 17.3 Å². The summed E-state index contributed by atoms with van der Waals surface area (Å²) in [4.78, 5) is 12.5. The molecule has 3 aromatic rings. The van der Waals surface area contributed by atoms with Crippen molar-refractivity contribution in [1.29, 1.82) is 0 Å². The van der Waals surface area contributed by atoms with Crippen LogP contribution in [0, 0.1) is 0 Å². The molecule has 0 aliphatic carbocycles. The highest BCUT2D eigenvalue weighted by atomic mass is 32.2. The van der Waals surface area contributed by atoms with Crippen LogP contribution in [-0.4, -0.2) is 60.5 Å². The van der Waals surface area contributed by atoms with Crippen molar-refractivity contribution >= 4 is 31.5 Å². The van der Waals surface area contributed by atoms with Crippen LogP contribution in [0.4, 0.5) is 5.69 Å². The summed E-state index contributed by atoms with van der Waals surface area (Å²) < 4.78 is 52.3. The third kappa shape index (κ3) is 4.95. The van der Waals surface area contributed by atoms with Gasteiger partial charge in [0.1, 0.15) is 6.33 Å². The Morgan fingerprint density at radius 3 is 2.65 bits per heavy atom. The number of benzene rings is 2. The molecular formula is C18H18N6O5S2. The van der Waals surface area contributed by atoms with Gasteiger partial charge in [-0.1, -0.05) is 12.1 Å². The number of carbonyl (C=O) groups is 1. The lowest BCUT2D eigenvalue weighted by atomic mass is 10.2. The van der Waals surface area contributed by atoms with Crippen molar-refractivity contribution in [3.63, 3.8) is 0 Å². The normalized spacial score (nSPS) is 18.0. The molecule has 1 atom stereocenters. The molecule has 1 unspecified atom stereocenters. The maximum atomic E-state index is 12.7. The highest BCUT2D eigenvalue weighted by Crippen LogP contribution is 2.19. The predicted molar refractivity (Wildman–Crippen MR) is 111 cm³/mol. The van der Waals surface area contributed by atoms with Gasteiger partial charge < -0.3 is 5.32 Å². The van der Waals surface area contributed by atoms with Crippen molar-refractivity contribution in [2.24, 2.45) is 0 Å². The number of anilines is 1. The summed E-state index contributed by atoms with van der Waals surface area (Å²) in [5, 5.41) is 13.6. The second-order valence-corrected chi connectivity index (χ2v) is 11.0. The van der Waals surface area contributed by atoms with Gasteiger partial charge >= 0.3 is 0 Å². The first-order valence-electron chi connectivity index (χ1n) is 9.19. The van der Waals surface area contributed by atoms with E-state index < -0.39 is 31.8 Å². The summed E-state index contributed by atoms with van der Waals surface area (Å²) in [5.41, 5.74) is 1.24. The van der Waals surface area contributed by atoms with Gasteiger partial charge in [-0.05, 0) is 53.2 Å². The number of hydrogen-bond donors (Lipinski definition) is 2. The van der Waals surface area contributed by atoms with Crippen LogP contribution in [0.2, 0.25) is 0 Å². The smallest absolute Gasteiger partial charge is 0.255 e. The zero-order valence-electron chi connectivity index (χ0n) is 16.0. The van der Waals surface area contributed by atoms with Gasteiger partial charge in [0.15, 0.2) is 9.84 Å². The van der Waals surface area contributed by atoms with Crippen molar-refractivity contribution in [2.45, 2.75) is 17.4 Å². The summed E-state index contributed by atoms with van der Waals surface area (Å²) in [7, 11) is -7.21. The van der Waals surface area contributed by atoms with E-state index in [1.807, 2.05) is 0 Å². The maximum Gasteiger partial charge on any atom is 0.255 e. The van der Waals surface area contributed by atoms with Crippen molar-refractivity contribution < 1.29 is 21.6 Å². The molecule has 2 N–H and O–H groups in total. The van der Waals surface area contributed by atoms with Crippen LogP contribution in [0.3, 0.4) is 0 Å². The lowest BCUT2D eigenvalue weighted by Gasteiger charge is -2.12. The van der Waals surface area contributed by atoms with E-state index in [0.29, 0.717) is 11.4 Å². The molecule has 31 heavy (non-hydrogen) atoms. The number of tetrazole rings is 1. The van der Waals surface area contributed by atoms with Crippen LogP contribution in [-0.2, 0) is 19.9 Å². The quantitative estimate of drug-likeness (QED) is 0.533. The molecule has 0 spiro atoms. The SMILES string of the molecule is O=C(Nc1cccc(-n2cnnn2)c1)c1cccc(S(=O)(=O)NC2CCS(=O)(=O)C2)c1. The predicted octanol–water partition coefficient (Wildman–Crippen LogP) is 0.380. The lowest BCUT2D eigenvalue weighted by molar-refractivity contribution is 0.102. The largest absolute Gasteiger partial charge is 0.322 e. The third-order valence-corrected chi connectivity index (χ3v) is 7.96. The van der Waals surface area contributed by atoms with Gasteiger partial charge in [0.05, 0.1) is 22.1 Å². The van der Waals surface area contributed by atoms with E-state index in [9.17, 15) is 21.6 Å². The Morgan fingerprint density at radius 2 is 1.94 bits per heavy atom. The third-order valence-electron chi connectivity index (χ3n) is 4.68. The van der Waals surface area contributed by atoms with E-state index in [0.717, 1.165) is 0 Å². The second-order valence-electron chi connectivity index (χ2n) is 7.01. The van der Waals surface area contributed by atoms with E-state index in [1.165, 1.54) is 35.3 Å². The van der Waals surface area contributed by atoms with Gasteiger partial charge in [0.2, 0.25) is 10.0 Å². The molecule has 2 aromatic carbocycles. The number of nitrogens with one attached hydrogen (secondary N) is 2. The molecule has 13 heteroatoms. The maximum absolute atomic E-state index is 12.7. The number of carbonyl (C=O) groups excluding carboxylic acids is 1. The van der Waals surface area contributed by atoms with E-state index in [4.69, 9.17) is 0 Å². The van der Waals surface area contributed by atoms with Crippen LogP contribution in [0.15, 0.2) is 59.8 Å². The molecule has 1 saturated heterocycles. The molecular weight excluding hydrogens is 444 g/mol. The molecule has 0 radical (unpaired) electrons. The minimum atomic E-state index is -3.98. The Kier molecular flexibility index (Phi) is 5.56. The minimum absolute atomic E-state index is 0.0493. The minimum Gasteiger partial charge on any atom is -0.322 e. The summed E-state index contributed by atoms with van der Waals surface area (Å²) in [5.74, 6) is -0.787. The highest BCUT2D eigenvalue weighted by Gasteiger charge is 2.31. The molecule has 1 aliphatic rings. The molecule has 4 rings (SSSR count). The Bertz CT molecular complexity index is 1320. The molecule has 2 heterocycles. The molecule has 0 saturated carbocycles. The molecule has 162 valence electrons. The number of rotatable bonds is 6. The highest BCUT2D eigenvalue weighted by molar-refractivity contribution is 7.92. The van der Waals surface area contributed by atoms with E-state index in [1.54, 1.807) is 24.3 Å². The van der Waals surface area contributed by atoms with E-state index in [2.05, 4.69) is 25.6 Å². The van der Waals surface area contributed by atoms with Gasteiger partial charge in [0.25, 0.3) is 5.91 Å². The zero-order valence-corrected chi connectivity index (χ0v) is 17.7. The fraction of sp³-hybridized carbons (Fsp3) is 0.222. The first-order chi connectivity index (χ1) is 14.7. The fourth-order valence-corrected chi connectivity index (χ4v) is 6.28. The van der Waals surface area contributed by atoms with Gasteiger partial charge in [-0.3, -0.25) is 4.79 Å². The monoisotopic (exact) mass is 462 g/mol. The van der Waals surface area contributed by atoms with Gasteiger partial charge in [-0.25, -0.2) is 26.2 Å². The Hall–Kier alpha value is -3.16. The average Bonchev–Trinajstić information content (AvgIpc) is 3.38. The number of hydrogen-bond acceptors (Lipinski definition) is 8. The van der Waals surface area contributed by atoms with Crippen LogP contribution in [0.5, 0.6) is 0 Å². The van der Waals surface area contributed by atoms with Gasteiger partial charge in [-0.2, -0.15) is 0 Å². The number of amides is 1. The topological polar surface area (TPSA) is 153 Å². The molecule has 11 nitrogen and oxygen atoms in total. The van der Waals surface area contributed by atoms with Crippen molar-refractivity contribution in [3.05, 3.63) is 60.4 Å². The molecule has 1 fully saturated rings. The Morgan fingerprint density at radius 1 is 1.13 bits per heavy atom. The second kappa shape index (κ2) is 8.17. The van der Waals surface area contributed by atoms with Crippen LogP contribution < -0.4 is 10.0 Å². The Labute approximate surface area is 178 Å². The summed E-state index contributed by atoms with van der Waals surface area (Å²) in [6.07, 6.45) is 1.64. The van der Waals surface area contributed by atoms with Gasteiger partial charge in [-0.15, -0.1) is 5.10 Å². The molecule has 0 bridgehead atoms. The lowest BCUT2D eigenvalue weighted by Crippen LogP contribution is -2.35. The molecule has 1 aliphatic heterocycles. The standard InChI is InChI=1S/C18H18N6O5S2/c25-18(20-14-4-2-5-16(10-14)24-12-19-22-23-24)13-3-1-6-17(9-13)31(28,29)21-15-7-8-30(26,27)11-15/h1-6,9-10,12,15,21H,7-8,11H2,(H,20,25). The molecule has 1 amide bonds. The van der Waals surface area contributed by atoms with Crippen LogP contribution in [0.1, 0.15) is 16.8 Å². The first-order valence-corrected chi connectivity index (χ1v) is 12.5. The van der Waals surface area contributed by atoms with E-state index >= 15 is 0 Å². The number of nitrogens with zero attached hydrogens (tertiary/aromatic N) is 4. The number of sulfonamides is 1. The molecule has 1 aromatic heterocycles. The van der Waals surface area contributed by atoms with Crippen LogP contribution in [0.25, 0.3) is 5.69 Å². The Balaban J connectivity index is 1.50. The van der Waals surface area contributed by atoms with Crippen molar-refractivity contribution in [3.8, 4) is 5.69 Å². The van der Waals surface area contributed by atoms with E-state index in [-0.39, 0.29) is 28.4 Å². The first kappa shape index (κ1) is 21.1. The van der Waals surface area contributed by atoms with Crippen LogP contribution >= 0.6 is 0 Å². The average molecular weight is 463 g/mol. The van der Waals surface area contributed by atoms with Crippen molar-refractivity contribution in [1.82, 2.24) is 24.9 Å². The summed E-state index contributed by atoms with van der Waals surface area (Å²) >= 11 is 0. The fourth-order valence-electron chi connectivity index (χ4n) is 3.19. The number of aromatic nitrogens is 4. The summed E-state index contributed by atoms with van der Waals surface area (Å²) in [6.45, 7) is 0.